The van der Waals surface area contributed by atoms with E-state index in [9.17, 15) is 18.0 Å². The number of hydrogen-bond donors (Lipinski definition) is 0. The monoisotopic (exact) mass is 585 g/mol. The number of aliphatic imine (C=N–C) groups is 1. The number of carbonyl (C=O) groups is 2. The van der Waals surface area contributed by atoms with Crippen LogP contribution in [0.3, 0.4) is 0 Å². The van der Waals surface area contributed by atoms with E-state index in [1.165, 1.54) is 15.6 Å². The minimum absolute atomic E-state index is 0.0376. The summed E-state index contributed by atoms with van der Waals surface area (Å²) in [5.74, 6) is -0.0815. The van der Waals surface area contributed by atoms with E-state index in [0.29, 0.717) is 47.1 Å². The number of nitrogens with zero attached hydrogens (tertiary/aromatic N) is 5. The predicted molar refractivity (Wildman–Crippen MR) is 154 cm³/mol. The number of amidine groups is 1. The van der Waals surface area contributed by atoms with Crippen molar-refractivity contribution in [2.45, 2.75) is 35.1 Å². The van der Waals surface area contributed by atoms with Crippen LogP contribution < -0.4 is 0 Å². The number of sulfonamides is 1. The average molecular weight is 586 g/mol. The summed E-state index contributed by atoms with van der Waals surface area (Å²) in [6.07, 6.45) is 5.55. The third-order valence-corrected chi connectivity index (χ3v) is 11.3. The Labute approximate surface area is 242 Å². The maximum atomic E-state index is 14.3. The van der Waals surface area contributed by atoms with E-state index in [0.717, 1.165) is 5.56 Å². The lowest BCUT2D eigenvalue weighted by Gasteiger charge is -2.28. The smallest absolute Gasteiger partial charge is 0.256 e. The highest BCUT2D eigenvalue weighted by molar-refractivity contribution is 7.91. The zero-order valence-electron chi connectivity index (χ0n) is 22.1. The van der Waals surface area contributed by atoms with Crippen molar-refractivity contribution in [2.24, 2.45) is 16.8 Å². The van der Waals surface area contributed by atoms with E-state index in [1.807, 2.05) is 18.2 Å². The molecular formula is C30H27N5O4S2. The number of ketones is 1. The lowest BCUT2D eigenvalue weighted by molar-refractivity contribution is -0.131. The summed E-state index contributed by atoms with van der Waals surface area (Å²) in [6, 6.07) is 15.2. The largest absolute Gasteiger partial charge is 0.294 e. The van der Waals surface area contributed by atoms with Crippen LogP contribution in [0.2, 0.25) is 0 Å². The van der Waals surface area contributed by atoms with E-state index in [1.54, 1.807) is 65.1 Å². The SMILES string of the molecule is C=CCC1(Cc2ccncc2)N=C(CC(=O)c2ccc(C#N)cc2)N(C2[C@H]3CN(S(=O)(=O)c4cccs4)C[C@H]23)C1=O. The molecule has 3 aliphatic rings. The van der Waals surface area contributed by atoms with E-state index in [-0.39, 0.29) is 36.0 Å². The van der Waals surface area contributed by atoms with Crippen LogP contribution in [-0.2, 0) is 21.2 Å². The maximum Gasteiger partial charge on any atom is 0.256 e. The summed E-state index contributed by atoms with van der Waals surface area (Å²) >= 11 is 1.19. The Balaban J connectivity index is 1.29. The number of nitriles is 1. The van der Waals surface area contributed by atoms with Crippen molar-refractivity contribution >= 4 is 38.9 Å². The Morgan fingerprint density at radius 1 is 1.15 bits per heavy atom. The molecule has 6 rings (SSSR count). The zero-order chi connectivity index (χ0) is 28.8. The average Bonchev–Trinajstić information content (AvgIpc) is 3.41. The highest BCUT2D eigenvalue weighted by atomic mass is 32.2. The summed E-state index contributed by atoms with van der Waals surface area (Å²) in [5, 5.41) is 10.8. The second-order valence-corrected chi connectivity index (χ2v) is 13.7. The van der Waals surface area contributed by atoms with Crippen LogP contribution in [-0.4, -0.2) is 64.8 Å². The molecule has 0 N–H and O–H groups in total. The van der Waals surface area contributed by atoms with Gasteiger partial charge in [-0.05, 0) is 47.7 Å². The van der Waals surface area contributed by atoms with Gasteiger partial charge < -0.3 is 0 Å². The summed E-state index contributed by atoms with van der Waals surface area (Å²) < 4.78 is 28.0. The molecule has 1 aliphatic carbocycles. The number of benzene rings is 1. The van der Waals surface area contributed by atoms with Gasteiger partial charge in [0.05, 0.1) is 18.1 Å². The van der Waals surface area contributed by atoms with Gasteiger partial charge in [0.15, 0.2) is 5.78 Å². The summed E-state index contributed by atoms with van der Waals surface area (Å²) in [7, 11) is -3.58. The lowest BCUT2D eigenvalue weighted by atomic mass is 9.88. The minimum Gasteiger partial charge on any atom is -0.294 e. The first kappa shape index (κ1) is 27.2. The van der Waals surface area contributed by atoms with Gasteiger partial charge in [0.1, 0.15) is 15.6 Å². The highest BCUT2D eigenvalue weighted by Gasteiger charge is 2.65. The van der Waals surface area contributed by atoms with Crippen LogP contribution in [0.25, 0.3) is 0 Å². The molecule has 1 amide bonds. The Hall–Kier alpha value is -3.98. The molecule has 1 unspecified atom stereocenters. The third kappa shape index (κ3) is 4.82. The molecule has 41 heavy (non-hydrogen) atoms. The number of piperidine rings is 1. The molecule has 1 aromatic carbocycles. The van der Waals surface area contributed by atoms with Gasteiger partial charge in [-0.2, -0.15) is 9.57 Å². The van der Waals surface area contributed by atoms with Gasteiger partial charge in [-0.3, -0.25) is 24.5 Å². The molecule has 208 valence electrons. The summed E-state index contributed by atoms with van der Waals surface area (Å²) in [6.45, 7) is 4.51. The number of fused-ring (bicyclic) bond motifs is 1. The fraction of sp³-hybridized carbons (Fsp3) is 0.300. The van der Waals surface area contributed by atoms with Crippen LogP contribution in [0.15, 0.2) is 88.2 Å². The molecular weight excluding hydrogens is 558 g/mol. The first-order chi connectivity index (χ1) is 19.8. The first-order valence-corrected chi connectivity index (χ1v) is 15.6. The van der Waals surface area contributed by atoms with Crippen LogP contribution in [0.5, 0.6) is 0 Å². The molecule has 2 aromatic heterocycles. The van der Waals surface area contributed by atoms with Crippen molar-refractivity contribution in [3.8, 4) is 6.07 Å². The van der Waals surface area contributed by atoms with E-state index in [4.69, 9.17) is 10.3 Å². The van der Waals surface area contributed by atoms with Gasteiger partial charge in [-0.15, -0.1) is 17.9 Å². The van der Waals surface area contributed by atoms with E-state index in [2.05, 4.69) is 11.6 Å². The second kappa shape index (κ2) is 10.4. The number of thiophene rings is 1. The Kier molecular flexibility index (Phi) is 6.93. The van der Waals surface area contributed by atoms with Gasteiger partial charge in [0.2, 0.25) is 0 Å². The quantitative estimate of drug-likeness (QED) is 0.264. The second-order valence-electron chi connectivity index (χ2n) is 10.6. The number of Topliss-reactive ketones (excluding diaryl/α,β-unsaturated/α-hetero) is 1. The number of amides is 1. The minimum atomic E-state index is -3.58. The molecule has 1 saturated heterocycles. The van der Waals surface area contributed by atoms with Crippen LogP contribution >= 0.6 is 11.3 Å². The standard InChI is InChI=1S/C30H27N5O4S2/c1-2-11-30(16-20-9-12-32-13-10-20)29(37)35(26(33-30)15-25(36)22-7-5-21(17-31)6-8-22)28-23-18-34(19-24(23)28)41(38,39)27-4-3-14-40-27/h2-10,12-14,23-24,28H,1,11,15-16,18-19H2/t23-,24-,30?/m0/s1. The molecule has 0 spiro atoms. The van der Waals surface area contributed by atoms with Crippen molar-refractivity contribution in [2.75, 3.05) is 13.1 Å². The highest BCUT2D eigenvalue weighted by Crippen LogP contribution is 2.53. The van der Waals surface area contributed by atoms with Gasteiger partial charge >= 0.3 is 0 Å². The van der Waals surface area contributed by atoms with Crippen molar-refractivity contribution < 1.29 is 18.0 Å². The van der Waals surface area contributed by atoms with Crippen molar-refractivity contribution in [3.05, 3.63) is 95.6 Å². The summed E-state index contributed by atoms with van der Waals surface area (Å²) in [4.78, 5) is 38.4. The van der Waals surface area contributed by atoms with Gasteiger partial charge in [-0.1, -0.05) is 24.3 Å². The molecule has 2 fully saturated rings. The van der Waals surface area contributed by atoms with E-state index >= 15 is 0 Å². The number of carbonyl (C=O) groups excluding carboxylic acids is 2. The predicted octanol–water partition coefficient (Wildman–Crippen LogP) is 3.70. The van der Waals surface area contributed by atoms with Crippen molar-refractivity contribution in [1.29, 1.82) is 5.26 Å². The molecule has 3 atom stereocenters. The lowest BCUT2D eigenvalue weighted by Crippen LogP contribution is -2.47. The van der Waals surface area contributed by atoms with Crippen LogP contribution in [0, 0.1) is 23.2 Å². The Morgan fingerprint density at radius 3 is 2.46 bits per heavy atom. The molecule has 11 heteroatoms. The number of pyridine rings is 1. The van der Waals surface area contributed by atoms with E-state index < -0.39 is 15.6 Å². The van der Waals surface area contributed by atoms with Crippen molar-refractivity contribution in [1.82, 2.24) is 14.2 Å². The Bertz CT molecular complexity index is 1670. The van der Waals surface area contributed by atoms with Crippen molar-refractivity contribution in [3.63, 3.8) is 0 Å². The number of hydrogen-bond acceptors (Lipinski definition) is 8. The van der Waals surface area contributed by atoms with Gasteiger partial charge in [0.25, 0.3) is 15.9 Å². The maximum absolute atomic E-state index is 14.3. The molecule has 0 radical (unpaired) electrons. The first-order valence-electron chi connectivity index (χ1n) is 13.3. The zero-order valence-corrected chi connectivity index (χ0v) is 23.7. The fourth-order valence-corrected chi connectivity index (χ4v) is 8.73. The van der Waals surface area contributed by atoms with Crippen LogP contribution in [0.4, 0.5) is 0 Å². The summed E-state index contributed by atoms with van der Waals surface area (Å²) in [5.41, 5.74) is 0.622. The van der Waals surface area contributed by atoms with Gasteiger partial charge in [0, 0.05) is 55.3 Å². The Morgan fingerprint density at radius 2 is 1.85 bits per heavy atom. The fourth-order valence-electron chi connectivity index (χ4n) is 6.07. The number of rotatable bonds is 10. The number of aromatic nitrogens is 1. The molecule has 2 aliphatic heterocycles. The molecule has 0 bridgehead atoms. The van der Waals surface area contributed by atoms with Gasteiger partial charge in [-0.25, -0.2) is 8.42 Å². The molecule has 1 saturated carbocycles. The third-order valence-electron chi connectivity index (χ3n) is 8.12. The van der Waals surface area contributed by atoms with Crippen LogP contribution in [0.1, 0.15) is 34.3 Å². The molecule has 9 nitrogen and oxygen atoms in total. The molecule has 4 heterocycles. The normalized spacial score (nSPS) is 25.4. The molecule has 3 aromatic rings. The topological polar surface area (TPSA) is 124 Å².